The second-order valence-electron chi connectivity index (χ2n) is 6.05. The lowest BCUT2D eigenvalue weighted by atomic mass is 9.91. The lowest BCUT2D eigenvalue weighted by Crippen LogP contribution is -2.48. The molecule has 0 amide bonds. The number of hydrogen-bond donors (Lipinski definition) is 2. The summed E-state index contributed by atoms with van der Waals surface area (Å²) in [7, 11) is 2.13. The summed E-state index contributed by atoms with van der Waals surface area (Å²) in [5, 5.41) is 13.2. The van der Waals surface area contributed by atoms with Gasteiger partial charge in [-0.15, -0.1) is 0 Å². The van der Waals surface area contributed by atoms with Crippen molar-refractivity contribution in [2.45, 2.75) is 65.0 Å². The van der Waals surface area contributed by atoms with Gasteiger partial charge in [0.15, 0.2) is 0 Å². The van der Waals surface area contributed by atoms with Crippen molar-refractivity contribution in [1.29, 1.82) is 0 Å². The van der Waals surface area contributed by atoms with Crippen molar-refractivity contribution in [3.8, 4) is 0 Å². The first-order valence-corrected chi connectivity index (χ1v) is 8.15. The summed E-state index contributed by atoms with van der Waals surface area (Å²) in [6.07, 6.45) is 4.51. The maximum absolute atomic E-state index is 9.67. The minimum Gasteiger partial charge on any atom is -0.394 e. The first kappa shape index (κ1) is 19.8. The highest BCUT2D eigenvalue weighted by atomic mass is 16.5. The van der Waals surface area contributed by atoms with E-state index in [0.29, 0.717) is 6.10 Å². The van der Waals surface area contributed by atoms with Crippen LogP contribution in [0.1, 0.15) is 53.4 Å². The molecule has 0 aliphatic rings. The second-order valence-corrected chi connectivity index (χ2v) is 6.05. The minimum atomic E-state index is -0.0920. The SMILES string of the molecule is CCCNC(CC)(CO)CCCN(C)CCOC(C)C. The van der Waals surface area contributed by atoms with Gasteiger partial charge in [0.1, 0.15) is 0 Å². The summed E-state index contributed by atoms with van der Waals surface area (Å²) in [4.78, 5) is 2.31. The summed E-state index contributed by atoms with van der Waals surface area (Å²) in [5.41, 5.74) is -0.0920. The van der Waals surface area contributed by atoms with Crippen molar-refractivity contribution in [3.05, 3.63) is 0 Å². The summed E-state index contributed by atoms with van der Waals surface area (Å²) < 4.78 is 5.56. The Hall–Kier alpha value is -0.160. The van der Waals surface area contributed by atoms with E-state index in [1.807, 2.05) is 0 Å². The van der Waals surface area contributed by atoms with Crippen LogP contribution in [0.2, 0.25) is 0 Å². The lowest BCUT2D eigenvalue weighted by molar-refractivity contribution is 0.0626. The van der Waals surface area contributed by atoms with Crippen molar-refractivity contribution in [2.75, 3.05) is 39.9 Å². The van der Waals surface area contributed by atoms with Crippen molar-refractivity contribution in [2.24, 2.45) is 0 Å². The first-order valence-electron chi connectivity index (χ1n) is 8.15. The van der Waals surface area contributed by atoms with Crippen LogP contribution in [-0.4, -0.2) is 61.5 Å². The number of likely N-dealkylation sites (N-methyl/N-ethyl adjacent to an activating group) is 1. The van der Waals surface area contributed by atoms with Gasteiger partial charge in [-0.3, -0.25) is 0 Å². The summed E-state index contributed by atoms with van der Waals surface area (Å²) >= 11 is 0. The fourth-order valence-corrected chi connectivity index (χ4v) is 2.27. The predicted molar refractivity (Wildman–Crippen MR) is 86.2 cm³/mol. The van der Waals surface area contributed by atoms with Gasteiger partial charge in [-0.25, -0.2) is 0 Å². The molecule has 122 valence electrons. The highest BCUT2D eigenvalue weighted by Crippen LogP contribution is 2.17. The fourth-order valence-electron chi connectivity index (χ4n) is 2.27. The molecule has 4 nitrogen and oxygen atoms in total. The summed E-state index contributed by atoms with van der Waals surface area (Å²) in [6, 6.07) is 0. The molecule has 0 aromatic rings. The molecule has 0 aliphatic heterocycles. The Morgan fingerprint density at radius 3 is 2.45 bits per heavy atom. The van der Waals surface area contributed by atoms with Crippen LogP contribution >= 0.6 is 0 Å². The molecule has 0 aromatic carbocycles. The van der Waals surface area contributed by atoms with Crippen LogP contribution < -0.4 is 5.32 Å². The smallest absolute Gasteiger partial charge is 0.0613 e. The van der Waals surface area contributed by atoms with Gasteiger partial charge < -0.3 is 20.1 Å². The number of aliphatic hydroxyl groups is 1. The third-order valence-corrected chi connectivity index (χ3v) is 3.85. The van der Waals surface area contributed by atoms with Crippen LogP contribution in [0, 0.1) is 0 Å². The quantitative estimate of drug-likeness (QED) is 0.546. The van der Waals surface area contributed by atoms with Gasteiger partial charge >= 0.3 is 0 Å². The molecule has 1 atom stereocenters. The Morgan fingerprint density at radius 2 is 1.95 bits per heavy atom. The predicted octanol–water partition coefficient (Wildman–Crippen LogP) is 2.26. The zero-order valence-electron chi connectivity index (χ0n) is 14.2. The third kappa shape index (κ3) is 8.90. The molecule has 0 aliphatic carbocycles. The average molecular weight is 288 g/mol. The Labute approximate surface area is 125 Å². The van der Waals surface area contributed by atoms with Gasteiger partial charge in [0.05, 0.1) is 19.3 Å². The molecule has 0 spiro atoms. The van der Waals surface area contributed by atoms with Gasteiger partial charge in [-0.1, -0.05) is 13.8 Å². The molecule has 0 heterocycles. The summed E-state index contributed by atoms with van der Waals surface area (Å²) in [6.45, 7) is 12.5. The van der Waals surface area contributed by atoms with Crippen LogP contribution in [0.4, 0.5) is 0 Å². The highest BCUT2D eigenvalue weighted by Gasteiger charge is 2.25. The van der Waals surface area contributed by atoms with E-state index in [2.05, 4.69) is 45.0 Å². The largest absolute Gasteiger partial charge is 0.394 e. The van der Waals surface area contributed by atoms with E-state index in [4.69, 9.17) is 4.74 Å². The monoisotopic (exact) mass is 288 g/mol. The van der Waals surface area contributed by atoms with Crippen LogP contribution in [0.25, 0.3) is 0 Å². The molecule has 0 fully saturated rings. The van der Waals surface area contributed by atoms with E-state index in [9.17, 15) is 5.11 Å². The number of aliphatic hydroxyl groups excluding tert-OH is 1. The lowest BCUT2D eigenvalue weighted by Gasteiger charge is -2.33. The molecule has 1 unspecified atom stereocenters. The number of nitrogens with zero attached hydrogens (tertiary/aromatic N) is 1. The van der Waals surface area contributed by atoms with E-state index in [-0.39, 0.29) is 12.1 Å². The third-order valence-electron chi connectivity index (χ3n) is 3.85. The van der Waals surface area contributed by atoms with Crippen LogP contribution in [0.5, 0.6) is 0 Å². The average Bonchev–Trinajstić information content (AvgIpc) is 2.42. The molecule has 0 saturated heterocycles. The van der Waals surface area contributed by atoms with Crippen molar-refractivity contribution >= 4 is 0 Å². The topological polar surface area (TPSA) is 44.7 Å². The number of ether oxygens (including phenoxy) is 1. The normalized spacial score (nSPS) is 15.0. The maximum Gasteiger partial charge on any atom is 0.0613 e. The van der Waals surface area contributed by atoms with Crippen LogP contribution in [-0.2, 0) is 4.74 Å². The molecule has 0 radical (unpaired) electrons. The van der Waals surface area contributed by atoms with Crippen molar-refractivity contribution in [3.63, 3.8) is 0 Å². The molecule has 2 N–H and O–H groups in total. The number of rotatable bonds is 13. The minimum absolute atomic E-state index is 0.0920. The van der Waals surface area contributed by atoms with Gasteiger partial charge in [0.25, 0.3) is 0 Å². The standard InChI is InChI=1S/C16H36N2O2/c1-6-10-17-16(7-2,14-19)9-8-11-18(5)12-13-20-15(3)4/h15,17,19H,6-14H2,1-5H3. The van der Waals surface area contributed by atoms with Crippen LogP contribution in [0.3, 0.4) is 0 Å². The Kier molecular flexibility index (Phi) is 11.4. The van der Waals surface area contributed by atoms with E-state index in [1.54, 1.807) is 0 Å². The molecular weight excluding hydrogens is 252 g/mol. The Morgan fingerprint density at radius 1 is 1.25 bits per heavy atom. The van der Waals surface area contributed by atoms with Crippen molar-refractivity contribution in [1.82, 2.24) is 10.2 Å². The summed E-state index contributed by atoms with van der Waals surface area (Å²) in [5.74, 6) is 0. The first-order chi connectivity index (χ1) is 9.49. The zero-order chi connectivity index (χ0) is 15.4. The van der Waals surface area contributed by atoms with Crippen LogP contribution in [0.15, 0.2) is 0 Å². The second kappa shape index (κ2) is 11.5. The molecule has 0 rings (SSSR count). The van der Waals surface area contributed by atoms with E-state index in [0.717, 1.165) is 51.9 Å². The maximum atomic E-state index is 9.67. The number of hydrogen-bond acceptors (Lipinski definition) is 4. The van der Waals surface area contributed by atoms with E-state index in [1.165, 1.54) is 0 Å². The van der Waals surface area contributed by atoms with E-state index < -0.39 is 0 Å². The number of nitrogens with one attached hydrogen (secondary N) is 1. The molecule has 20 heavy (non-hydrogen) atoms. The molecular formula is C16H36N2O2. The van der Waals surface area contributed by atoms with Gasteiger partial charge in [-0.2, -0.15) is 0 Å². The Balaban J connectivity index is 3.92. The van der Waals surface area contributed by atoms with Gasteiger partial charge in [0, 0.05) is 12.1 Å². The van der Waals surface area contributed by atoms with Crippen molar-refractivity contribution < 1.29 is 9.84 Å². The molecule has 0 bridgehead atoms. The van der Waals surface area contributed by atoms with Gasteiger partial charge in [0.2, 0.25) is 0 Å². The van der Waals surface area contributed by atoms with E-state index >= 15 is 0 Å². The fraction of sp³-hybridized carbons (Fsp3) is 1.00. The highest BCUT2D eigenvalue weighted by molar-refractivity contribution is 4.86. The molecule has 0 saturated carbocycles. The Bertz CT molecular complexity index is 219. The zero-order valence-corrected chi connectivity index (χ0v) is 14.2. The molecule has 4 heteroatoms. The van der Waals surface area contributed by atoms with Gasteiger partial charge in [-0.05, 0) is 59.7 Å². The molecule has 0 aromatic heterocycles.